The minimum absolute atomic E-state index is 0.209. The van der Waals surface area contributed by atoms with Crippen molar-refractivity contribution in [2.24, 2.45) is 0 Å². The molecular weight excluding hydrogens is 278 g/mol. The number of imidazole rings is 1. The number of rotatable bonds is 5. The lowest BCUT2D eigenvalue weighted by molar-refractivity contribution is -0.137. The summed E-state index contributed by atoms with van der Waals surface area (Å²) < 4.78 is 1.83. The first-order valence-electron chi connectivity index (χ1n) is 7.13. The fourth-order valence-corrected chi connectivity index (χ4v) is 2.26. The van der Waals surface area contributed by atoms with Crippen LogP contribution in [-0.4, -0.2) is 15.5 Å². The topological polar surface area (TPSA) is 56.1 Å². The molecule has 0 unspecified atom stereocenters. The molecule has 22 heavy (non-hydrogen) atoms. The molecule has 0 spiro atoms. The van der Waals surface area contributed by atoms with Crippen molar-refractivity contribution in [1.82, 2.24) is 15.0 Å². The second kappa shape index (κ2) is 6.41. The molecule has 0 aliphatic rings. The number of hydrogen-bond donors (Lipinski definition) is 1. The monoisotopic (exact) mass is 295 g/mol. The minimum Gasteiger partial charge on any atom is -0.318 e. The third-order valence-electron chi connectivity index (χ3n) is 3.53. The number of nitrogens with one attached hydrogen (secondary N) is 1. The van der Waals surface area contributed by atoms with Gasteiger partial charge in [0.25, 0.3) is 5.91 Å². The molecule has 3 rings (SSSR count). The van der Waals surface area contributed by atoms with Gasteiger partial charge in [0.2, 0.25) is 0 Å². The maximum Gasteiger partial charge on any atom is 0.266 e. The summed E-state index contributed by atoms with van der Waals surface area (Å²) in [6.07, 6.45) is 1.67. The number of carbonyl (C=O) groups is 1. The molecule has 1 heterocycles. The first-order valence-corrected chi connectivity index (χ1v) is 7.13. The van der Waals surface area contributed by atoms with Gasteiger partial charge in [-0.1, -0.05) is 42.5 Å². The van der Waals surface area contributed by atoms with Gasteiger partial charge >= 0.3 is 0 Å². The number of amides is 1. The van der Waals surface area contributed by atoms with Gasteiger partial charge in [0, 0.05) is 0 Å². The minimum atomic E-state index is -0.400. The maximum absolute atomic E-state index is 12.2. The average molecular weight is 295 g/mol. The highest BCUT2D eigenvalue weighted by Crippen LogP contribution is 2.17. The van der Waals surface area contributed by atoms with Gasteiger partial charge in [-0.3, -0.25) is 9.63 Å². The SMILES string of the molecule is C[C@@H](C(=O)NOCc1ccccc1)n1cnc2ccccc21. The lowest BCUT2D eigenvalue weighted by atomic mass is 10.2. The number of aromatic nitrogens is 2. The molecule has 0 aliphatic heterocycles. The van der Waals surface area contributed by atoms with Crippen LogP contribution >= 0.6 is 0 Å². The zero-order chi connectivity index (χ0) is 15.4. The van der Waals surface area contributed by atoms with Crippen LogP contribution in [0.4, 0.5) is 0 Å². The third kappa shape index (κ3) is 2.99. The van der Waals surface area contributed by atoms with Gasteiger partial charge < -0.3 is 4.57 Å². The van der Waals surface area contributed by atoms with E-state index < -0.39 is 6.04 Å². The highest BCUT2D eigenvalue weighted by atomic mass is 16.6. The number of hydroxylamine groups is 1. The van der Waals surface area contributed by atoms with E-state index in [1.165, 1.54) is 0 Å². The van der Waals surface area contributed by atoms with Crippen molar-refractivity contribution in [3.63, 3.8) is 0 Å². The van der Waals surface area contributed by atoms with Crippen LogP contribution in [0.15, 0.2) is 60.9 Å². The fourth-order valence-electron chi connectivity index (χ4n) is 2.26. The van der Waals surface area contributed by atoms with Crippen LogP contribution in [0.3, 0.4) is 0 Å². The smallest absolute Gasteiger partial charge is 0.266 e. The van der Waals surface area contributed by atoms with Gasteiger partial charge in [0.15, 0.2) is 0 Å². The summed E-state index contributed by atoms with van der Waals surface area (Å²) in [5, 5.41) is 0. The molecule has 1 amide bonds. The fraction of sp³-hybridized carbons (Fsp3) is 0.176. The summed E-state index contributed by atoms with van der Waals surface area (Å²) in [5.74, 6) is -0.209. The van der Waals surface area contributed by atoms with Crippen molar-refractivity contribution in [2.75, 3.05) is 0 Å². The second-order valence-electron chi connectivity index (χ2n) is 5.06. The van der Waals surface area contributed by atoms with Gasteiger partial charge in [0.1, 0.15) is 6.04 Å². The van der Waals surface area contributed by atoms with Crippen LogP contribution in [0.5, 0.6) is 0 Å². The number of hydrogen-bond acceptors (Lipinski definition) is 3. The Morgan fingerprint density at radius 1 is 1.18 bits per heavy atom. The molecule has 0 saturated carbocycles. The Hall–Kier alpha value is -2.66. The van der Waals surface area contributed by atoms with Crippen molar-refractivity contribution >= 4 is 16.9 Å². The van der Waals surface area contributed by atoms with Crippen LogP contribution in [0.25, 0.3) is 11.0 Å². The van der Waals surface area contributed by atoms with Crippen LogP contribution in [0.2, 0.25) is 0 Å². The summed E-state index contributed by atoms with van der Waals surface area (Å²) in [6, 6.07) is 17.0. The van der Waals surface area contributed by atoms with Crippen molar-refractivity contribution in [1.29, 1.82) is 0 Å². The molecule has 5 nitrogen and oxygen atoms in total. The molecule has 0 fully saturated rings. The zero-order valence-corrected chi connectivity index (χ0v) is 12.3. The van der Waals surface area contributed by atoms with E-state index in [1.54, 1.807) is 6.33 Å². The lowest BCUT2D eigenvalue weighted by Gasteiger charge is -2.14. The Balaban J connectivity index is 1.62. The van der Waals surface area contributed by atoms with Gasteiger partial charge in [-0.05, 0) is 24.6 Å². The van der Waals surface area contributed by atoms with Gasteiger partial charge in [-0.15, -0.1) is 0 Å². The van der Waals surface area contributed by atoms with Gasteiger partial charge in [0.05, 0.1) is 24.0 Å². The van der Waals surface area contributed by atoms with E-state index in [9.17, 15) is 4.79 Å². The predicted molar refractivity (Wildman–Crippen MR) is 83.8 cm³/mol. The van der Waals surface area contributed by atoms with E-state index in [2.05, 4.69) is 10.5 Å². The molecule has 0 radical (unpaired) electrons. The van der Waals surface area contributed by atoms with Crippen LogP contribution in [0.1, 0.15) is 18.5 Å². The molecule has 2 aromatic carbocycles. The van der Waals surface area contributed by atoms with E-state index in [0.717, 1.165) is 16.6 Å². The number of fused-ring (bicyclic) bond motifs is 1. The lowest BCUT2D eigenvalue weighted by Crippen LogP contribution is -2.30. The first kappa shape index (κ1) is 14.3. The summed E-state index contributed by atoms with van der Waals surface area (Å²) >= 11 is 0. The Kier molecular flexibility index (Phi) is 4.16. The van der Waals surface area contributed by atoms with Crippen LogP contribution in [0, 0.1) is 0 Å². The average Bonchev–Trinajstić information content (AvgIpc) is 2.99. The predicted octanol–water partition coefficient (Wildman–Crippen LogP) is 2.85. The van der Waals surface area contributed by atoms with E-state index in [0.29, 0.717) is 6.61 Å². The largest absolute Gasteiger partial charge is 0.318 e. The molecule has 1 atom stereocenters. The first-order chi connectivity index (χ1) is 10.8. The summed E-state index contributed by atoms with van der Waals surface area (Å²) in [4.78, 5) is 21.8. The Morgan fingerprint density at radius 2 is 1.91 bits per heavy atom. The van der Waals surface area contributed by atoms with Crippen LogP contribution < -0.4 is 5.48 Å². The molecule has 0 bridgehead atoms. The summed E-state index contributed by atoms with van der Waals surface area (Å²) in [5.41, 5.74) is 5.29. The summed E-state index contributed by atoms with van der Waals surface area (Å²) in [6.45, 7) is 2.15. The molecule has 0 aliphatic carbocycles. The van der Waals surface area contributed by atoms with E-state index in [1.807, 2.05) is 66.1 Å². The number of nitrogens with zero attached hydrogens (tertiary/aromatic N) is 2. The molecule has 3 aromatic rings. The van der Waals surface area contributed by atoms with Crippen LogP contribution in [-0.2, 0) is 16.2 Å². The maximum atomic E-state index is 12.2. The molecule has 5 heteroatoms. The van der Waals surface area contributed by atoms with E-state index in [-0.39, 0.29) is 5.91 Å². The Bertz CT molecular complexity index is 768. The standard InChI is InChI=1S/C17H17N3O2/c1-13(20-12-18-15-9-5-6-10-16(15)20)17(21)19-22-11-14-7-3-2-4-8-14/h2-10,12-13H,11H2,1H3,(H,19,21)/t13-/m0/s1. The molecule has 0 saturated heterocycles. The molecule has 1 aromatic heterocycles. The van der Waals surface area contributed by atoms with Crippen molar-refractivity contribution in [2.45, 2.75) is 19.6 Å². The zero-order valence-electron chi connectivity index (χ0n) is 12.3. The van der Waals surface area contributed by atoms with E-state index >= 15 is 0 Å². The summed E-state index contributed by atoms with van der Waals surface area (Å²) in [7, 11) is 0. The quantitative estimate of drug-likeness (QED) is 0.736. The Labute approximate surface area is 128 Å². The number of carbonyl (C=O) groups excluding carboxylic acids is 1. The number of para-hydroxylation sites is 2. The third-order valence-corrected chi connectivity index (χ3v) is 3.53. The van der Waals surface area contributed by atoms with Crippen molar-refractivity contribution < 1.29 is 9.63 Å². The highest BCUT2D eigenvalue weighted by Gasteiger charge is 2.17. The van der Waals surface area contributed by atoms with Gasteiger partial charge in [-0.2, -0.15) is 0 Å². The van der Waals surface area contributed by atoms with Crippen molar-refractivity contribution in [3.8, 4) is 0 Å². The van der Waals surface area contributed by atoms with E-state index in [4.69, 9.17) is 4.84 Å². The Morgan fingerprint density at radius 3 is 2.73 bits per heavy atom. The van der Waals surface area contributed by atoms with Gasteiger partial charge in [-0.25, -0.2) is 10.5 Å². The highest BCUT2D eigenvalue weighted by molar-refractivity contribution is 5.82. The van der Waals surface area contributed by atoms with Crippen molar-refractivity contribution in [3.05, 3.63) is 66.5 Å². The number of benzene rings is 2. The molecule has 112 valence electrons. The second-order valence-corrected chi connectivity index (χ2v) is 5.06. The molecule has 1 N–H and O–H groups in total. The molecular formula is C17H17N3O2. The normalized spacial score (nSPS) is 12.2.